The molecule has 0 radical (unpaired) electrons. The zero-order valence-electron chi connectivity index (χ0n) is 37.9. The number of hydrogen-bond donors (Lipinski definition) is 6. The van der Waals surface area contributed by atoms with Crippen LogP contribution in [0, 0.1) is 0 Å². The molecule has 0 spiro atoms. The minimum atomic E-state index is -1.56. The summed E-state index contributed by atoms with van der Waals surface area (Å²) >= 11 is 0. The van der Waals surface area contributed by atoms with Crippen LogP contribution in [0.4, 0.5) is 4.79 Å². The zero-order chi connectivity index (χ0) is 44.3. The molecule has 0 aliphatic carbocycles. The van der Waals surface area contributed by atoms with Gasteiger partial charge in [0, 0.05) is 13.0 Å². The second kappa shape index (κ2) is 35.2. The molecule has 0 bridgehead atoms. The molecule has 1 aromatic rings. The molecule has 1 heterocycles. The van der Waals surface area contributed by atoms with Crippen LogP contribution in [0.15, 0.2) is 30.3 Å². The second-order valence-corrected chi connectivity index (χ2v) is 17.0. The molecular weight excluding hydrogens is 777 g/mol. The number of carbonyl (C=O) groups is 4. The van der Waals surface area contributed by atoms with Crippen molar-refractivity contribution in [3.8, 4) is 0 Å². The fraction of sp³-hybridized carbons (Fsp3) is 0.792. The summed E-state index contributed by atoms with van der Waals surface area (Å²) in [5.74, 6) is -1.52. The van der Waals surface area contributed by atoms with Crippen LogP contribution in [0.2, 0.25) is 0 Å². The Bertz CT molecular complexity index is 1290. The third-order valence-corrected chi connectivity index (χ3v) is 11.7. The number of hydrogen-bond acceptors (Lipinski definition) is 9. The summed E-state index contributed by atoms with van der Waals surface area (Å²) in [6, 6.07) is 7.85. The van der Waals surface area contributed by atoms with Gasteiger partial charge in [0.15, 0.2) is 6.23 Å². The van der Waals surface area contributed by atoms with Gasteiger partial charge in [0.25, 0.3) is 0 Å². The normalized spacial score (nSPS) is 18.7. The molecule has 13 heteroatoms. The lowest BCUT2D eigenvalue weighted by molar-refractivity contribution is -0.231. The van der Waals surface area contributed by atoms with Crippen LogP contribution in [0.3, 0.4) is 0 Å². The molecule has 1 aliphatic heterocycles. The van der Waals surface area contributed by atoms with Gasteiger partial charge in [-0.05, 0) is 18.4 Å². The summed E-state index contributed by atoms with van der Waals surface area (Å²) in [7, 11) is 0. The predicted octanol–water partition coefficient (Wildman–Crippen LogP) is 7.96. The molecular formula is C48H84N4O9. The van der Waals surface area contributed by atoms with Crippen molar-refractivity contribution in [1.29, 1.82) is 0 Å². The number of rotatable bonds is 36. The third-order valence-electron chi connectivity index (χ3n) is 11.7. The summed E-state index contributed by atoms with van der Waals surface area (Å²) in [6.45, 7) is 3.30. The van der Waals surface area contributed by atoms with E-state index in [1.807, 2.05) is 18.2 Å². The van der Waals surface area contributed by atoms with Gasteiger partial charge in [-0.3, -0.25) is 14.4 Å². The van der Waals surface area contributed by atoms with E-state index in [9.17, 15) is 34.5 Å². The van der Waals surface area contributed by atoms with Crippen LogP contribution in [-0.4, -0.2) is 101 Å². The smallest absolute Gasteiger partial charge is 0.407 e. The molecule has 0 aromatic heterocycles. The van der Waals surface area contributed by atoms with Crippen molar-refractivity contribution < 1.29 is 44.0 Å². The van der Waals surface area contributed by atoms with E-state index in [-0.39, 0.29) is 18.9 Å². The zero-order valence-corrected chi connectivity index (χ0v) is 37.9. The quantitative estimate of drug-likeness (QED) is 0.0364. The van der Waals surface area contributed by atoms with Crippen molar-refractivity contribution >= 4 is 23.8 Å². The molecule has 5 atom stereocenters. The van der Waals surface area contributed by atoms with Gasteiger partial charge in [-0.2, -0.15) is 0 Å². The first-order chi connectivity index (χ1) is 29.7. The van der Waals surface area contributed by atoms with Gasteiger partial charge in [0.1, 0.15) is 37.5 Å². The van der Waals surface area contributed by atoms with Crippen molar-refractivity contribution in [2.75, 3.05) is 26.2 Å². The molecule has 0 saturated carbocycles. The van der Waals surface area contributed by atoms with E-state index < -0.39 is 68.2 Å². The Morgan fingerprint density at radius 1 is 0.623 bits per heavy atom. The van der Waals surface area contributed by atoms with Crippen LogP contribution >= 0.6 is 0 Å². The SMILES string of the molecule is CCCCCCCCCCCCCCCCCCN(C(=O)CCCCCCCCCCC)[C@@H]1O[C@H](CO)[C@@H](O)[C@H](O)[C@H]1NC(=O)CNC(=O)CNC(=O)OCc1ccccc1. The van der Waals surface area contributed by atoms with Crippen LogP contribution in [-0.2, 0) is 30.5 Å². The van der Waals surface area contributed by atoms with E-state index in [4.69, 9.17) is 9.47 Å². The van der Waals surface area contributed by atoms with Crippen molar-refractivity contribution in [3.05, 3.63) is 35.9 Å². The Kier molecular flexibility index (Phi) is 31.1. The van der Waals surface area contributed by atoms with Crippen molar-refractivity contribution in [1.82, 2.24) is 20.9 Å². The fourth-order valence-electron chi connectivity index (χ4n) is 7.88. The molecule has 1 fully saturated rings. The summed E-state index contributed by atoms with van der Waals surface area (Å²) in [4.78, 5) is 53.2. The third kappa shape index (κ3) is 24.8. The average Bonchev–Trinajstić information content (AvgIpc) is 3.27. The molecule has 6 N–H and O–H groups in total. The summed E-state index contributed by atoms with van der Waals surface area (Å²) in [6.07, 6.45) is 23.5. The highest BCUT2D eigenvalue weighted by Crippen LogP contribution is 2.26. The van der Waals surface area contributed by atoms with E-state index in [2.05, 4.69) is 29.8 Å². The van der Waals surface area contributed by atoms with Crippen molar-refractivity contribution in [2.24, 2.45) is 0 Å². The van der Waals surface area contributed by atoms with Gasteiger partial charge in [-0.1, -0.05) is 192 Å². The predicted molar refractivity (Wildman–Crippen MR) is 240 cm³/mol. The minimum Gasteiger partial charge on any atom is -0.445 e. The van der Waals surface area contributed by atoms with Crippen LogP contribution in [0.5, 0.6) is 0 Å². The fourth-order valence-corrected chi connectivity index (χ4v) is 7.88. The van der Waals surface area contributed by atoms with Gasteiger partial charge in [-0.15, -0.1) is 0 Å². The van der Waals surface area contributed by atoms with Gasteiger partial charge in [0.05, 0.1) is 13.2 Å². The molecule has 1 aromatic carbocycles. The number of carbonyl (C=O) groups excluding carboxylic acids is 4. The number of alkyl carbamates (subject to hydrolysis) is 1. The van der Waals surface area contributed by atoms with E-state index in [0.717, 1.165) is 44.1 Å². The highest BCUT2D eigenvalue weighted by atomic mass is 16.6. The van der Waals surface area contributed by atoms with Crippen LogP contribution in [0.25, 0.3) is 0 Å². The summed E-state index contributed by atoms with van der Waals surface area (Å²) in [5.41, 5.74) is 0.787. The summed E-state index contributed by atoms with van der Waals surface area (Å²) in [5, 5.41) is 39.6. The Morgan fingerprint density at radius 2 is 1.10 bits per heavy atom. The number of nitrogens with one attached hydrogen (secondary N) is 3. The Morgan fingerprint density at radius 3 is 1.61 bits per heavy atom. The first-order valence-corrected chi connectivity index (χ1v) is 24.1. The van der Waals surface area contributed by atoms with Crippen LogP contribution in [0.1, 0.15) is 186 Å². The van der Waals surface area contributed by atoms with E-state index in [0.29, 0.717) is 19.4 Å². The monoisotopic (exact) mass is 861 g/mol. The van der Waals surface area contributed by atoms with Crippen LogP contribution < -0.4 is 16.0 Å². The highest BCUT2D eigenvalue weighted by Gasteiger charge is 2.48. The Labute approximate surface area is 367 Å². The lowest BCUT2D eigenvalue weighted by Crippen LogP contribution is -2.69. The maximum atomic E-state index is 13.9. The maximum absolute atomic E-state index is 13.9. The van der Waals surface area contributed by atoms with Gasteiger partial charge in [-0.25, -0.2) is 4.79 Å². The van der Waals surface area contributed by atoms with Gasteiger partial charge >= 0.3 is 6.09 Å². The number of nitrogens with zero attached hydrogens (tertiary/aromatic N) is 1. The maximum Gasteiger partial charge on any atom is 0.407 e. The molecule has 350 valence electrons. The Balaban J connectivity index is 1.92. The lowest BCUT2D eigenvalue weighted by atomic mass is 9.94. The van der Waals surface area contributed by atoms with E-state index in [1.54, 1.807) is 17.0 Å². The largest absolute Gasteiger partial charge is 0.445 e. The molecule has 13 nitrogen and oxygen atoms in total. The van der Waals surface area contributed by atoms with Crippen molar-refractivity contribution in [2.45, 2.75) is 218 Å². The molecule has 1 aliphatic rings. The molecule has 0 unspecified atom stereocenters. The number of unbranched alkanes of at least 4 members (excludes halogenated alkanes) is 23. The first-order valence-electron chi connectivity index (χ1n) is 24.1. The Hall–Kier alpha value is -3.26. The van der Waals surface area contributed by atoms with E-state index in [1.165, 1.54) is 109 Å². The van der Waals surface area contributed by atoms with E-state index >= 15 is 0 Å². The number of aliphatic hydroxyl groups is 3. The molecule has 61 heavy (non-hydrogen) atoms. The summed E-state index contributed by atoms with van der Waals surface area (Å²) < 4.78 is 11.2. The highest BCUT2D eigenvalue weighted by molar-refractivity contribution is 5.87. The number of ether oxygens (including phenoxy) is 2. The molecule has 2 rings (SSSR count). The van der Waals surface area contributed by atoms with Crippen molar-refractivity contribution in [3.63, 3.8) is 0 Å². The van der Waals surface area contributed by atoms with Gasteiger partial charge in [0.2, 0.25) is 17.7 Å². The topological polar surface area (TPSA) is 187 Å². The standard InChI is InChI=1S/C48H84N4O9/c1-3-5-7-9-11-13-14-15-16-17-18-19-21-23-25-30-34-52(43(56)33-29-24-22-20-12-10-8-6-4-2)47-44(46(58)45(57)40(37-53)61-47)51-42(55)36-49-41(54)35-50-48(59)60-38-39-31-27-26-28-32-39/h26-28,31-32,40,44-47,53,57-58H,3-25,29-30,33-38H2,1-2H3,(H,49,54)(H,50,59)(H,51,55)/t40-,44-,45-,46-,47-/m1/s1. The molecule has 4 amide bonds. The minimum absolute atomic E-state index is 0.0326. The average molecular weight is 861 g/mol. The second-order valence-electron chi connectivity index (χ2n) is 17.0. The van der Waals surface area contributed by atoms with Gasteiger partial charge < -0.3 is 45.6 Å². The first kappa shape index (κ1) is 53.9. The lowest BCUT2D eigenvalue weighted by Gasteiger charge is -2.47. The number of aliphatic hydroxyl groups excluding tert-OH is 3. The molecule has 1 saturated heterocycles. The number of amides is 4. The number of benzene rings is 1.